The van der Waals surface area contributed by atoms with Crippen LogP contribution in [0.5, 0.6) is 0 Å². The molecule has 0 aliphatic carbocycles. The molecule has 0 saturated heterocycles. The van der Waals surface area contributed by atoms with Crippen molar-refractivity contribution in [1.29, 1.82) is 0 Å². The van der Waals surface area contributed by atoms with Crippen molar-refractivity contribution in [2.24, 2.45) is 0 Å². The first kappa shape index (κ1) is 11.9. The molecule has 0 spiro atoms. The van der Waals surface area contributed by atoms with Crippen molar-refractivity contribution in [1.82, 2.24) is 5.32 Å². The summed E-state index contributed by atoms with van der Waals surface area (Å²) in [4.78, 5) is 11.1. The van der Waals surface area contributed by atoms with Crippen LogP contribution >= 0.6 is 22.6 Å². The van der Waals surface area contributed by atoms with Gasteiger partial charge in [-0.15, -0.1) is 0 Å². The lowest BCUT2D eigenvalue weighted by molar-refractivity contribution is 0.141. The first-order valence-electron chi connectivity index (χ1n) is 4.36. The highest BCUT2D eigenvalue weighted by molar-refractivity contribution is 14.1. The molecule has 0 aromatic heterocycles. The maximum absolute atomic E-state index is 11.1. The van der Waals surface area contributed by atoms with E-state index in [4.69, 9.17) is 4.74 Å². The monoisotopic (exact) mass is 315 g/mol. The second-order valence-corrected chi connectivity index (χ2v) is 3.23. The number of ether oxygens (including phenoxy) is 1. The average Bonchev–Trinajstić information content (AvgIpc) is 2.28. The van der Waals surface area contributed by atoms with Gasteiger partial charge in [-0.1, -0.05) is 36.3 Å². The molecule has 1 rings (SSSR count). The Morgan fingerprint density at radius 3 is 2.80 bits per heavy atom. The predicted molar refractivity (Wildman–Crippen MR) is 66.4 cm³/mol. The molecule has 0 fully saturated rings. The molecule has 1 amide bonds. The highest BCUT2D eigenvalue weighted by Crippen LogP contribution is 2.00. The highest BCUT2D eigenvalue weighted by atomic mass is 127. The van der Waals surface area contributed by atoms with E-state index in [2.05, 4.69) is 15.2 Å². The minimum absolute atomic E-state index is 0.282. The molecular weight excluding hydrogens is 305 g/mol. The minimum Gasteiger partial charge on any atom is -0.445 e. The Labute approximate surface area is 102 Å². The largest absolute Gasteiger partial charge is 0.445 e. The first-order chi connectivity index (χ1) is 7.33. The Morgan fingerprint density at radius 1 is 1.40 bits per heavy atom. The summed E-state index contributed by atoms with van der Waals surface area (Å²) in [6.45, 7) is 0.598. The molecule has 3 nitrogen and oxygen atoms in total. The molecule has 0 saturated carbocycles. The van der Waals surface area contributed by atoms with Crippen LogP contribution in [-0.4, -0.2) is 12.6 Å². The quantitative estimate of drug-likeness (QED) is 0.687. The number of carbonyl (C=O) groups is 1. The van der Waals surface area contributed by atoms with Gasteiger partial charge in [0, 0.05) is 22.6 Å². The number of carbonyl (C=O) groups excluding carboxylic acids is 1. The van der Waals surface area contributed by atoms with E-state index < -0.39 is 6.09 Å². The number of hydrogen-bond donors (Lipinski definition) is 1. The van der Waals surface area contributed by atoms with Crippen LogP contribution in [0, 0.1) is 9.85 Å². The third-order valence-corrected chi connectivity index (χ3v) is 1.98. The van der Waals surface area contributed by atoms with Crippen molar-refractivity contribution in [3.63, 3.8) is 0 Å². The van der Waals surface area contributed by atoms with E-state index in [9.17, 15) is 4.79 Å². The summed E-state index contributed by atoms with van der Waals surface area (Å²) in [5.74, 6) is 2.70. The maximum Gasteiger partial charge on any atom is 0.408 e. The van der Waals surface area contributed by atoms with Gasteiger partial charge in [-0.05, 0) is 9.49 Å². The van der Waals surface area contributed by atoms with Crippen LogP contribution in [-0.2, 0) is 11.3 Å². The molecular formula is C11H10INO2. The summed E-state index contributed by atoms with van der Waals surface area (Å²) in [7, 11) is 0. The maximum atomic E-state index is 11.1. The second-order valence-electron chi connectivity index (χ2n) is 2.69. The number of hydrogen-bond acceptors (Lipinski definition) is 2. The molecule has 4 heteroatoms. The number of alkyl carbamates (subject to hydrolysis) is 1. The summed E-state index contributed by atoms with van der Waals surface area (Å²) in [5, 5.41) is 2.51. The van der Waals surface area contributed by atoms with Gasteiger partial charge in [0.25, 0.3) is 0 Å². The van der Waals surface area contributed by atoms with E-state index in [1.165, 1.54) is 0 Å². The van der Waals surface area contributed by atoms with E-state index in [0.29, 0.717) is 6.54 Å². The highest BCUT2D eigenvalue weighted by Gasteiger charge is 1.99. The predicted octanol–water partition coefficient (Wildman–Crippen LogP) is 2.31. The molecule has 0 aliphatic rings. The van der Waals surface area contributed by atoms with Crippen LogP contribution in [0.15, 0.2) is 30.3 Å². The molecule has 15 heavy (non-hydrogen) atoms. The zero-order chi connectivity index (χ0) is 10.9. The van der Waals surface area contributed by atoms with Crippen LogP contribution in [0.2, 0.25) is 0 Å². The topological polar surface area (TPSA) is 38.3 Å². The van der Waals surface area contributed by atoms with E-state index in [1.807, 2.05) is 52.9 Å². The number of amides is 1. The van der Waals surface area contributed by atoms with Crippen molar-refractivity contribution >= 4 is 28.7 Å². The van der Waals surface area contributed by atoms with Gasteiger partial charge in [0.2, 0.25) is 0 Å². The van der Waals surface area contributed by atoms with Crippen molar-refractivity contribution in [3.05, 3.63) is 35.9 Å². The molecule has 0 atom stereocenters. The number of halogens is 1. The lowest BCUT2D eigenvalue weighted by Crippen LogP contribution is -2.24. The fraction of sp³-hybridized carbons (Fsp3) is 0.182. The van der Waals surface area contributed by atoms with E-state index in [-0.39, 0.29) is 6.61 Å². The van der Waals surface area contributed by atoms with Gasteiger partial charge in [-0.3, -0.25) is 0 Å². The summed E-state index contributed by atoms with van der Waals surface area (Å²) < 4.78 is 7.60. The summed E-state index contributed by atoms with van der Waals surface area (Å²) in [6, 6.07) is 9.52. The standard InChI is InChI=1S/C11H10INO2/c12-7-4-8-13-11(14)15-9-10-5-2-1-3-6-10/h1-3,5-6H,8-9H2,(H,13,14). The Hall–Kier alpha value is -1.22. The second kappa shape index (κ2) is 7.12. The lowest BCUT2D eigenvalue weighted by atomic mass is 10.2. The zero-order valence-corrected chi connectivity index (χ0v) is 10.2. The fourth-order valence-electron chi connectivity index (χ4n) is 0.924. The Kier molecular flexibility index (Phi) is 5.63. The molecule has 1 aromatic rings. The van der Waals surface area contributed by atoms with Gasteiger partial charge in [-0.2, -0.15) is 0 Å². The van der Waals surface area contributed by atoms with Gasteiger partial charge in [0.1, 0.15) is 6.61 Å². The van der Waals surface area contributed by atoms with E-state index in [1.54, 1.807) is 0 Å². The van der Waals surface area contributed by atoms with Crippen LogP contribution in [0.1, 0.15) is 5.56 Å². The van der Waals surface area contributed by atoms with Gasteiger partial charge < -0.3 is 10.1 Å². The van der Waals surface area contributed by atoms with Crippen molar-refractivity contribution in [2.45, 2.75) is 6.61 Å². The van der Waals surface area contributed by atoms with E-state index in [0.717, 1.165) is 5.56 Å². The Bertz CT molecular complexity index is 367. The molecule has 0 unspecified atom stereocenters. The zero-order valence-electron chi connectivity index (χ0n) is 8.00. The molecule has 0 aliphatic heterocycles. The van der Waals surface area contributed by atoms with Gasteiger partial charge >= 0.3 is 6.09 Å². The first-order valence-corrected chi connectivity index (χ1v) is 5.44. The third kappa shape index (κ3) is 5.27. The molecule has 1 aromatic carbocycles. The minimum atomic E-state index is -0.446. The van der Waals surface area contributed by atoms with Crippen LogP contribution in [0.4, 0.5) is 4.79 Å². The van der Waals surface area contributed by atoms with Gasteiger partial charge in [0.05, 0.1) is 6.54 Å². The van der Waals surface area contributed by atoms with Crippen molar-refractivity contribution in [3.8, 4) is 9.85 Å². The van der Waals surface area contributed by atoms with Gasteiger partial charge in [0.15, 0.2) is 0 Å². The average molecular weight is 315 g/mol. The Morgan fingerprint density at radius 2 is 2.13 bits per heavy atom. The SMILES string of the molecule is O=C(NCC#CI)OCc1ccccc1. The van der Waals surface area contributed by atoms with Gasteiger partial charge in [-0.25, -0.2) is 4.79 Å². The number of rotatable bonds is 3. The van der Waals surface area contributed by atoms with Crippen molar-refractivity contribution in [2.75, 3.05) is 6.54 Å². The van der Waals surface area contributed by atoms with Crippen molar-refractivity contribution < 1.29 is 9.53 Å². The van der Waals surface area contributed by atoms with Crippen LogP contribution in [0.25, 0.3) is 0 Å². The Balaban J connectivity index is 2.24. The summed E-state index contributed by atoms with van der Waals surface area (Å²) in [5.41, 5.74) is 0.965. The van der Waals surface area contributed by atoms with E-state index >= 15 is 0 Å². The van der Waals surface area contributed by atoms with Crippen LogP contribution < -0.4 is 5.32 Å². The molecule has 0 radical (unpaired) electrons. The third-order valence-electron chi connectivity index (χ3n) is 1.60. The fourth-order valence-corrected chi connectivity index (χ4v) is 1.11. The molecule has 78 valence electrons. The number of benzene rings is 1. The summed E-state index contributed by atoms with van der Waals surface area (Å²) in [6.07, 6.45) is -0.446. The molecule has 0 bridgehead atoms. The smallest absolute Gasteiger partial charge is 0.408 e. The lowest BCUT2D eigenvalue weighted by Gasteiger charge is -2.04. The number of nitrogens with one attached hydrogen (secondary N) is 1. The van der Waals surface area contributed by atoms with Crippen LogP contribution in [0.3, 0.4) is 0 Å². The summed E-state index contributed by atoms with van der Waals surface area (Å²) >= 11 is 1.91. The normalized spacial score (nSPS) is 8.60. The molecule has 1 N–H and O–H groups in total. The molecule has 0 heterocycles.